The molecule has 0 spiro atoms. The first-order valence-corrected chi connectivity index (χ1v) is 9.05. The summed E-state index contributed by atoms with van der Waals surface area (Å²) >= 11 is 5.94. The third kappa shape index (κ3) is 4.59. The summed E-state index contributed by atoms with van der Waals surface area (Å²) in [5.41, 5.74) is -1.11. The van der Waals surface area contributed by atoms with E-state index in [0.29, 0.717) is 16.8 Å². The Morgan fingerprint density at radius 1 is 1.00 bits per heavy atom. The van der Waals surface area contributed by atoms with E-state index in [9.17, 15) is 17.6 Å². The third-order valence-corrected chi connectivity index (χ3v) is 4.77. The number of nitrogens with zero attached hydrogens (tertiary/aromatic N) is 1. The lowest BCUT2D eigenvalue weighted by Crippen LogP contribution is -2.43. The SMILES string of the molecule is C=CN[C@@](Cc1ccccc1)(c1cc(F)cc(C(F)(F)F)c1)c1ccc(Cl)cn1. The van der Waals surface area contributed by atoms with Crippen LogP contribution in [-0.2, 0) is 18.1 Å². The molecular formula is C22H17ClF4N2. The highest BCUT2D eigenvalue weighted by Crippen LogP contribution is 2.37. The lowest BCUT2D eigenvalue weighted by atomic mass is 9.80. The van der Waals surface area contributed by atoms with Crippen molar-refractivity contribution in [2.75, 3.05) is 0 Å². The summed E-state index contributed by atoms with van der Waals surface area (Å²) in [5.74, 6) is -0.993. The number of halogens is 5. The monoisotopic (exact) mass is 420 g/mol. The lowest BCUT2D eigenvalue weighted by molar-refractivity contribution is -0.137. The first kappa shape index (κ1) is 20.9. The lowest BCUT2D eigenvalue weighted by Gasteiger charge is -2.35. The topological polar surface area (TPSA) is 24.9 Å². The van der Waals surface area contributed by atoms with E-state index in [1.54, 1.807) is 12.1 Å². The Bertz CT molecular complexity index is 988. The van der Waals surface area contributed by atoms with Gasteiger partial charge in [0, 0.05) is 12.6 Å². The number of alkyl halides is 3. The van der Waals surface area contributed by atoms with Gasteiger partial charge in [-0.25, -0.2) is 4.39 Å². The molecule has 0 amide bonds. The number of nitrogens with one attached hydrogen (secondary N) is 1. The number of aromatic nitrogens is 1. The minimum absolute atomic E-state index is 0.0726. The van der Waals surface area contributed by atoms with Crippen LogP contribution in [0.25, 0.3) is 0 Å². The van der Waals surface area contributed by atoms with E-state index in [0.717, 1.165) is 17.7 Å². The standard InChI is InChI=1S/C22H17ClF4N2/c1-2-29-21(13-15-6-4-3-5-7-15,20-9-8-18(23)14-28-20)16-10-17(22(25,26)27)12-19(24)11-16/h2-12,14,29H,1,13H2/t21-/m0/s1. The van der Waals surface area contributed by atoms with E-state index in [1.807, 2.05) is 30.3 Å². The van der Waals surface area contributed by atoms with Crippen molar-refractivity contribution in [2.45, 2.75) is 18.1 Å². The predicted molar refractivity (Wildman–Crippen MR) is 105 cm³/mol. The number of pyridine rings is 1. The smallest absolute Gasteiger partial charge is 0.377 e. The molecule has 0 radical (unpaired) electrons. The fourth-order valence-electron chi connectivity index (χ4n) is 3.25. The fourth-order valence-corrected chi connectivity index (χ4v) is 3.36. The zero-order chi connectivity index (χ0) is 21.1. The highest BCUT2D eigenvalue weighted by Gasteiger charge is 2.39. The van der Waals surface area contributed by atoms with Gasteiger partial charge in [0.2, 0.25) is 0 Å². The molecule has 1 heterocycles. The molecule has 0 aliphatic carbocycles. The van der Waals surface area contributed by atoms with E-state index in [-0.39, 0.29) is 12.0 Å². The van der Waals surface area contributed by atoms with Crippen molar-refractivity contribution in [3.8, 4) is 0 Å². The minimum atomic E-state index is -4.70. The van der Waals surface area contributed by atoms with Crippen LogP contribution in [-0.4, -0.2) is 4.98 Å². The van der Waals surface area contributed by atoms with Crippen LogP contribution in [0, 0.1) is 5.82 Å². The van der Waals surface area contributed by atoms with Crippen molar-refractivity contribution < 1.29 is 17.6 Å². The van der Waals surface area contributed by atoms with E-state index in [1.165, 1.54) is 12.4 Å². The average molecular weight is 421 g/mol. The number of benzene rings is 2. The number of hydrogen-bond donors (Lipinski definition) is 1. The van der Waals surface area contributed by atoms with E-state index < -0.39 is 23.1 Å². The maximum Gasteiger partial charge on any atom is 0.416 e. The maximum atomic E-state index is 14.3. The molecule has 3 aromatic rings. The van der Waals surface area contributed by atoms with E-state index >= 15 is 0 Å². The molecule has 29 heavy (non-hydrogen) atoms. The van der Waals surface area contributed by atoms with Gasteiger partial charge < -0.3 is 5.32 Å². The maximum absolute atomic E-state index is 14.3. The summed E-state index contributed by atoms with van der Waals surface area (Å²) in [6, 6.07) is 14.8. The summed E-state index contributed by atoms with van der Waals surface area (Å²) in [5, 5.41) is 3.40. The Hall–Kier alpha value is -2.86. The first-order chi connectivity index (χ1) is 13.7. The molecular weight excluding hydrogens is 404 g/mol. The Kier molecular flexibility index (Phi) is 5.94. The van der Waals surface area contributed by atoms with Gasteiger partial charge in [-0.1, -0.05) is 48.5 Å². The summed E-state index contributed by atoms with van der Waals surface area (Å²) < 4.78 is 54.3. The van der Waals surface area contributed by atoms with Crippen LogP contribution in [0.15, 0.2) is 79.6 Å². The Balaban J connectivity index is 2.27. The van der Waals surface area contributed by atoms with Crippen molar-refractivity contribution in [3.05, 3.63) is 113 Å². The normalized spacial score (nSPS) is 13.6. The molecule has 0 saturated heterocycles. The number of rotatable bonds is 6. The quantitative estimate of drug-likeness (QED) is 0.486. The second-order valence-electron chi connectivity index (χ2n) is 6.50. The van der Waals surface area contributed by atoms with Gasteiger partial charge in [-0.05, 0) is 47.7 Å². The van der Waals surface area contributed by atoms with Crippen LogP contribution >= 0.6 is 11.6 Å². The van der Waals surface area contributed by atoms with Gasteiger partial charge in [0.15, 0.2) is 0 Å². The molecule has 2 aromatic carbocycles. The van der Waals surface area contributed by atoms with Gasteiger partial charge in [-0.2, -0.15) is 13.2 Å². The molecule has 0 aliphatic rings. The first-order valence-electron chi connectivity index (χ1n) is 8.67. The Morgan fingerprint density at radius 2 is 1.69 bits per heavy atom. The second kappa shape index (κ2) is 8.25. The third-order valence-electron chi connectivity index (χ3n) is 4.54. The Morgan fingerprint density at radius 3 is 2.28 bits per heavy atom. The molecule has 3 rings (SSSR count). The van der Waals surface area contributed by atoms with E-state index in [2.05, 4.69) is 16.9 Å². The molecule has 1 atom stereocenters. The van der Waals surface area contributed by atoms with Gasteiger partial charge in [-0.15, -0.1) is 0 Å². The molecule has 0 aliphatic heterocycles. The molecule has 0 unspecified atom stereocenters. The van der Waals surface area contributed by atoms with Crippen LogP contribution in [0.5, 0.6) is 0 Å². The van der Waals surface area contributed by atoms with Gasteiger partial charge in [0.1, 0.15) is 11.4 Å². The second-order valence-corrected chi connectivity index (χ2v) is 6.94. The van der Waals surface area contributed by atoms with Crippen molar-refractivity contribution >= 4 is 11.6 Å². The highest BCUT2D eigenvalue weighted by atomic mass is 35.5. The zero-order valence-electron chi connectivity index (χ0n) is 15.2. The van der Waals surface area contributed by atoms with Crippen molar-refractivity contribution in [2.24, 2.45) is 0 Å². The van der Waals surface area contributed by atoms with Crippen LogP contribution in [0.3, 0.4) is 0 Å². The molecule has 1 N–H and O–H groups in total. The van der Waals surface area contributed by atoms with Crippen LogP contribution < -0.4 is 5.32 Å². The summed E-state index contributed by atoms with van der Waals surface area (Å²) in [4.78, 5) is 4.32. The molecule has 0 bridgehead atoms. The van der Waals surface area contributed by atoms with Crippen molar-refractivity contribution in [1.29, 1.82) is 0 Å². The fraction of sp³-hybridized carbons (Fsp3) is 0.136. The average Bonchev–Trinajstić information content (AvgIpc) is 2.68. The molecule has 0 saturated carbocycles. The predicted octanol–water partition coefficient (Wildman–Crippen LogP) is 6.11. The van der Waals surface area contributed by atoms with Crippen LogP contribution in [0.2, 0.25) is 5.02 Å². The summed E-state index contributed by atoms with van der Waals surface area (Å²) in [7, 11) is 0. The van der Waals surface area contributed by atoms with Gasteiger partial charge in [-0.3, -0.25) is 4.98 Å². The minimum Gasteiger partial charge on any atom is -0.377 e. The van der Waals surface area contributed by atoms with Gasteiger partial charge >= 0.3 is 6.18 Å². The van der Waals surface area contributed by atoms with Gasteiger partial charge in [0.05, 0.1) is 16.3 Å². The number of hydrogen-bond acceptors (Lipinski definition) is 2. The Labute approximate surface area is 170 Å². The van der Waals surface area contributed by atoms with Crippen LogP contribution in [0.4, 0.5) is 17.6 Å². The van der Waals surface area contributed by atoms with Gasteiger partial charge in [0.25, 0.3) is 0 Å². The summed E-state index contributed by atoms with van der Waals surface area (Å²) in [6.45, 7) is 3.67. The van der Waals surface area contributed by atoms with Crippen LogP contribution in [0.1, 0.15) is 22.4 Å². The van der Waals surface area contributed by atoms with Crippen molar-refractivity contribution in [3.63, 3.8) is 0 Å². The largest absolute Gasteiger partial charge is 0.416 e. The van der Waals surface area contributed by atoms with E-state index in [4.69, 9.17) is 11.6 Å². The highest BCUT2D eigenvalue weighted by molar-refractivity contribution is 6.30. The van der Waals surface area contributed by atoms with Crippen molar-refractivity contribution in [1.82, 2.24) is 10.3 Å². The molecule has 1 aromatic heterocycles. The molecule has 2 nitrogen and oxygen atoms in total. The zero-order valence-corrected chi connectivity index (χ0v) is 15.9. The molecule has 150 valence electrons. The molecule has 7 heteroatoms. The summed E-state index contributed by atoms with van der Waals surface area (Å²) in [6.07, 6.45) is -1.74. The molecule has 0 fully saturated rings.